The van der Waals surface area contributed by atoms with Crippen molar-refractivity contribution in [3.63, 3.8) is 0 Å². The summed E-state index contributed by atoms with van der Waals surface area (Å²) in [7, 11) is -3.23. The van der Waals surface area contributed by atoms with Gasteiger partial charge in [0, 0.05) is 24.8 Å². The monoisotopic (exact) mass is 338 g/mol. The first-order valence-electron chi connectivity index (χ1n) is 7.83. The van der Waals surface area contributed by atoms with Crippen LogP contribution in [0.2, 0.25) is 0 Å². The van der Waals surface area contributed by atoms with Crippen LogP contribution in [0.4, 0.5) is 0 Å². The van der Waals surface area contributed by atoms with E-state index in [1.54, 1.807) is 4.90 Å². The van der Waals surface area contributed by atoms with Crippen LogP contribution >= 0.6 is 0 Å². The van der Waals surface area contributed by atoms with Gasteiger partial charge in [-0.05, 0) is 31.4 Å². The van der Waals surface area contributed by atoms with E-state index in [1.807, 2.05) is 30.3 Å². The van der Waals surface area contributed by atoms with Crippen LogP contribution in [0.25, 0.3) is 0 Å². The van der Waals surface area contributed by atoms with Crippen molar-refractivity contribution in [1.82, 2.24) is 9.62 Å². The Balaban J connectivity index is 1.67. The molecule has 3 rings (SSSR count). The molecule has 0 aromatic heterocycles. The number of hydrogen-bond donors (Lipinski definition) is 1. The lowest BCUT2D eigenvalue weighted by molar-refractivity contribution is -0.0763. The first-order chi connectivity index (χ1) is 10.9. The van der Waals surface area contributed by atoms with Crippen molar-refractivity contribution in [2.45, 2.75) is 30.9 Å². The topological polar surface area (TPSA) is 75.7 Å². The number of nitrogens with one attached hydrogen (secondary N) is 1. The van der Waals surface area contributed by atoms with Crippen molar-refractivity contribution < 1.29 is 17.9 Å². The summed E-state index contributed by atoms with van der Waals surface area (Å²) < 4.78 is 31.5. The van der Waals surface area contributed by atoms with Gasteiger partial charge in [0.2, 0.25) is 10.0 Å². The van der Waals surface area contributed by atoms with Crippen LogP contribution in [0, 0.1) is 0 Å². The molecule has 2 fully saturated rings. The Bertz CT molecular complexity index is 677. The molecular formula is C16H22N2O4S. The zero-order chi connectivity index (χ0) is 16.5. The minimum absolute atomic E-state index is 0.00395. The number of likely N-dealkylation sites (tertiary alicyclic amines) is 1. The number of carbonyl (C=O) groups is 1. The van der Waals surface area contributed by atoms with Crippen LogP contribution in [0.1, 0.15) is 29.6 Å². The Kier molecular flexibility index (Phi) is 4.44. The van der Waals surface area contributed by atoms with Crippen LogP contribution in [0.15, 0.2) is 30.3 Å². The summed E-state index contributed by atoms with van der Waals surface area (Å²) in [6, 6.07) is 9.08. The lowest BCUT2D eigenvalue weighted by atomic mass is 9.90. The summed E-state index contributed by atoms with van der Waals surface area (Å²) in [5.41, 5.74) is 0.247. The van der Waals surface area contributed by atoms with E-state index in [2.05, 4.69) is 4.72 Å². The van der Waals surface area contributed by atoms with E-state index < -0.39 is 15.6 Å². The first-order valence-corrected chi connectivity index (χ1v) is 9.72. The Morgan fingerprint density at radius 2 is 2.09 bits per heavy atom. The second-order valence-corrected chi connectivity index (χ2v) is 8.23. The molecule has 0 aliphatic carbocycles. The third-order valence-electron chi connectivity index (χ3n) is 4.50. The molecule has 1 spiro atoms. The average molecular weight is 338 g/mol. The molecule has 1 aromatic rings. The molecule has 7 heteroatoms. The Morgan fingerprint density at radius 1 is 1.35 bits per heavy atom. The van der Waals surface area contributed by atoms with Crippen molar-refractivity contribution in [3.05, 3.63) is 35.9 Å². The lowest BCUT2D eigenvalue weighted by Gasteiger charge is -2.38. The number of sulfonamides is 1. The molecule has 0 unspecified atom stereocenters. The lowest BCUT2D eigenvalue weighted by Crippen LogP contribution is -2.50. The Hall–Kier alpha value is -1.44. The summed E-state index contributed by atoms with van der Waals surface area (Å²) in [6.07, 6.45) is 3.20. The molecule has 2 saturated heterocycles. The average Bonchev–Trinajstić information content (AvgIpc) is 2.89. The third-order valence-corrected chi connectivity index (χ3v) is 5.26. The first kappa shape index (κ1) is 16.4. The molecule has 1 aromatic carbocycles. The number of amides is 1. The van der Waals surface area contributed by atoms with Gasteiger partial charge in [0.25, 0.3) is 5.91 Å². The van der Waals surface area contributed by atoms with Crippen molar-refractivity contribution in [2.24, 2.45) is 0 Å². The predicted molar refractivity (Wildman–Crippen MR) is 86.6 cm³/mol. The number of carbonyl (C=O) groups excluding carboxylic acids is 1. The van der Waals surface area contributed by atoms with Crippen molar-refractivity contribution in [3.8, 4) is 0 Å². The van der Waals surface area contributed by atoms with Gasteiger partial charge >= 0.3 is 0 Å². The molecule has 1 N–H and O–H groups in total. The number of rotatable bonds is 3. The second-order valence-electron chi connectivity index (χ2n) is 6.45. The minimum atomic E-state index is -3.23. The van der Waals surface area contributed by atoms with Crippen LogP contribution in [-0.2, 0) is 14.8 Å². The fraction of sp³-hybridized carbons (Fsp3) is 0.562. The van der Waals surface area contributed by atoms with Gasteiger partial charge < -0.3 is 9.64 Å². The molecule has 2 aliphatic rings. The maximum Gasteiger partial charge on any atom is 0.253 e. The second kappa shape index (κ2) is 6.22. The predicted octanol–water partition coefficient (Wildman–Crippen LogP) is 1.000. The number of nitrogens with zero attached hydrogens (tertiary/aromatic N) is 1. The van der Waals surface area contributed by atoms with Gasteiger partial charge in [-0.3, -0.25) is 4.79 Å². The van der Waals surface area contributed by atoms with Gasteiger partial charge in [-0.25, -0.2) is 13.1 Å². The van der Waals surface area contributed by atoms with Crippen molar-refractivity contribution >= 4 is 15.9 Å². The van der Waals surface area contributed by atoms with Gasteiger partial charge in [0.1, 0.15) is 0 Å². The molecule has 2 heterocycles. The maximum absolute atomic E-state index is 12.5. The van der Waals surface area contributed by atoms with E-state index in [4.69, 9.17) is 4.74 Å². The van der Waals surface area contributed by atoms with E-state index in [1.165, 1.54) is 6.26 Å². The molecule has 2 atom stereocenters. The molecule has 0 bridgehead atoms. The highest BCUT2D eigenvalue weighted by atomic mass is 32.2. The molecular weight excluding hydrogens is 316 g/mol. The van der Waals surface area contributed by atoms with Crippen LogP contribution < -0.4 is 4.72 Å². The van der Waals surface area contributed by atoms with Gasteiger partial charge in [0.05, 0.1) is 18.4 Å². The summed E-state index contributed by atoms with van der Waals surface area (Å²) in [5.74, 6) is 0.00395. The number of ether oxygens (including phenoxy) is 1. The van der Waals surface area contributed by atoms with Gasteiger partial charge in [0.15, 0.2) is 0 Å². The zero-order valence-electron chi connectivity index (χ0n) is 13.2. The fourth-order valence-corrected chi connectivity index (χ4v) is 4.30. The summed E-state index contributed by atoms with van der Waals surface area (Å²) >= 11 is 0. The molecule has 0 saturated carbocycles. The maximum atomic E-state index is 12.5. The highest BCUT2D eigenvalue weighted by Crippen LogP contribution is 2.35. The van der Waals surface area contributed by atoms with Crippen molar-refractivity contribution in [2.75, 3.05) is 26.0 Å². The van der Waals surface area contributed by atoms with E-state index >= 15 is 0 Å². The van der Waals surface area contributed by atoms with Gasteiger partial charge in [-0.1, -0.05) is 18.2 Å². The van der Waals surface area contributed by atoms with E-state index in [9.17, 15) is 13.2 Å². The zero-order valence-corrected chi connectivity index (χ0v) is 14.0. The fourth-order valence-electron chi connectivity index (χ4n) is 3.50. The quantitative estimate of drug-likeness (QED) is 0.892. The molecule has 23 heavy (non-hydrogen) atoms. The van der Waals surface area contributed by atoms with E-state index in [0.29, 0.717) is 38.1 Å². The normalized spacial score (nSPS) is 28.2. The number of hydrogen-bond acceptors (Lipinski definition) is 4. The minimum Gasteiger partial charge on any atom is -0.373 e. The molecule has 1 amide bonds. The highest BCUT2D eigenvalue weighted by molar-refractivity contribution is 7.88. The largest absolute Gasteiger partial charge is 0.373 e. The summed E-state index contributed by atoms with van der Waals surface area (Å²) in [4.78, 5) is 14.3. The molecule has 6 nitrogen and oxygen atoms in total. The Labute approximate surface area is 136 Å². The van der Waals surface area contributed by atoms with Crippen molar-refractivity contribution in [1.29, 1.82) is 0 Å². The standard InChI is InChI=1S/C16H22N2O4S/c1-23(20,21)17-14-7-10-22-16(11-14)8-9-18(12-16)15(19)13-5-3-2-4-6-13/h2-6,14,17H,7-12H2,1H3/t14-,16-/m0/s1. The smallest absolute Gasteiger partial charge is 0.253 e. The summed E-state index contributed by atoms with van der Waals surface area (Å²) in [5, 5.41) is 0. The number of benzene rings is 1. The highest BCUT2D eigenvalue weighted by Gasteiger charge is 2.45. The SMILES string of the molecule is CS(=O)(=O)N[C@H]1CCO[C@@]2(CCN(C(=O)c3ccccc3)C2)C1. The molecule has 2 aliphatic heterocycles. The Morgan fingerprint density at radius 3 is 2.78 bits per heavy atom. The van der Waals surface area contributed by atoms with E-state index in [-0.39, 0.29) is 11.9 Å². The van der Waals surface area contributed by atoms with Crippen LogP contribution in [0.3, 0.4) is 0 Å². The van der Waals surface area contributed by atoms with Gasteiger partial charge in [-0.2, -0.15) is 0 Å². The third kappa shape index (κ3) is 3.91. The molecule has 0 radical (unpaired) electrons. The van der Waals surface area contributed by atoms with Crippen LogP contribution in [-0.4, -0.2) is 56.8 Å². The van der Waals surface area contributed by atoms with Crippen LogP contribution in [0.5, 0.6) is 0 Å². The molecule has 126 valence electrons. The van der Waals surface area contributed by atoms with E-state index in [0.717, 1.165) is 6.42 Å². The van der Waals surface area contributed by atoms with Gasteiger partial charge in [-0.15, -0.1) is 0 Å². The summed E-state index contributed by atoms with van der Waals surface area (Å²) in [6.45, 7) is 1.67.